The monoisotopic (exact) mass is 399 g/mol. The minimum atomic E-state index is -0.410. The number of hydrogen-bond donors (Lipinski definition) is 3. The molecule has 7 atom stereocenters. The first-order valence-electron chi connectivity index (χ1n) is 10.1. The highest BCUT2D eigenvalue weighted by atomic mass is 16.3. The maximum Gasteiger partial charge on any atom is 0.247 e. The maximum atomic E-state index is 12.6. The maximum absolute atomic E-state index is 12.6. The predicted molar refractivity (Wildman–Crippen MR) is 103 cm³/mol. The molecule has 2 fully saturated rings. The van der Waals surface area contributed by atoms with E-state index in [4.69, 9.17) is 5.26 Å². The summed E-state index contributed by atoms with van der Waals surface area (Å²) >= 11 is 0. The third kappa shape index (κ3) is 4.46. The van der Waals surface area contributed by atoms with Gasteiger partial charge in [-0.2, -0.15) is 10.5 Å². The van der Waals surface area contributed by atoms with Crippen LogP contribution in [-0.2, 0) is 9.59 Å². The highest BCUT2D eigenvalue weighted by Gasteiger charge is 2.44. The van der Waals surface area contributed by atoms with E-state index in [0.29, 0.717) is 18.5 Å². The minimum absolute atomic E-state index is 0.0242. The molecule has 3 N–H and O–H groups in total. The van der Waals surface area contributed by atoms with Crippen molar-refractivity contribution in [3.63, 3.8) is 0 Å². The molecule has 154 valence electrons. The van der Waals surface area contributed by atoms with Crippen LogP contribution in [-0.4, -0.2) is 53.8 Å². The molecule has 0 radical (unpaired) electrons. The normalized spacial score (nSPS) is 35.2. The van der Waals surface area contributed by atoms with Crippen LogP contribution in [0.15, 0.2) is 11.6 Å². The Morgan fingerprint density at radius 3 is 2.83 bits per heavy atom. The molecule has 0 bridgehead atoms. The van der Waals surface area contributed by atoms with Gasteiger partial charge >= 0.3 is 0 Å². The van der Waals surface area contributed by atoms with E-state index < -0.39 is 18.1 Å². The van der Waals surface area contributed by atoms with Crippen LogP contribution >= 0.6 is 0 Å². The summed E-state index contributed by atoms with van der Waals surface area (Å²) in [5.74, 6) is -1.09. The van der Waals surface area contributed by atoms with E-state index in [0.717, 1.165) is 11.2 Å². The summed E-state index contributed by atoms with van der Waals surface area (Å²) < 4.78 is 0.898. The summed E-state index contributed by atoms with van der Waals surface area (Å²) in [6.07, 6.45) is 3.01. The Kier molecular flexibility index (Phi) is 6.29. The molecule has 3 rings (SSSR count). The lowest BCUT2D eigenvalue weighted by atomic mass is 9.81. The van der Waals surface area contributed by atoms with E-state index >= 15 is 0 Å². The summed E-state index contributed by atoms with van der Waals surface area (Å²) in [4.78, 5) is 37.3. The smallest absolute Gasteiger partial charge is 0.247 e. The van der Waals surface area contributed by atoms with Crippen LogP contribution in [0.4, 0.5) is 0 Å². The van der Waals surface area contributed by atoms with Gasteiger partial charge in [-0.3, -0.25) is 9.59 Å². The van der Waals surface area contributed by atoms with Crippen molar-refractivity contribution >= 4 is 11.8 Å². The molecule has 3 aliphatic rings. The molecule has 0 aromatic heterocycles. The molecular formula is C20H27N6O3+. The second-order valence-electron chi connectivity index (χ2n) is 8.36. The molecule has 0 aromatic carbocycles. The number of nitrogens with zero attached hydrogens (tertiary/aromatic N) is 3. The Labute approximate surface area is 170 Å². The molecule has 0 spiro atoms. The van der Waals surface area contributed by atoms with Crippen LogP contribution in [0.2, 0.25) is 0 Å². The van der Waals surface area contributed by atoms with Gasteiger partial charge in [-0.25, -0.2) is 0 Å². The Hall–Kier alpha value is -2.78. The zero-order valence-electron chi connectivity index (χ0n) is 16.7. The van der Waals surface area contributed by atoms with Crippen molar-refractivity contribution in [3.8, 4) is 12.1 Å². The van der Waals surface area contributed by atoms with Crippen LogP contribution < -0.4 is 16.0 Å². The van der Waals surface area contributed by atoms with E-state index in [1.165, 1.54) is 0 Å². The van der Waals surface area contributed by atoms with E-state index in [1.54, 1.807) is 13.0 Å². The van der Waals surface area contributed by atoms with Crippen LogP contribution in [0.5, 0.6) is 0 Å². The molecule has 3 aliphatic heterocycles. The van der Waals surface area contributed by atoms with Crippen molar-refractivity contribution in [2.45, 2.75) is 57.3 Å². The Bertz CT molecular complexity index is 810. The molecule has 9 nitrogen and oxygen atoms in total. The minimum Gasteiger partial charge on any atom is -0.349 e. The van der Waals surface area contributed by atoms with Gasteiger partial charge in [0.2, 0.25) is 24.4 Å². The van der Waals surface area contributed by atoms with Gasteiger partial charge in [-0.1, -0.05) is 13.0 Å². The van der Waals surface area contributed by atoms with Crippen molar-refractivity contribution in [2.24, 2.45) is 17.8 Å². The van der Waals surface area contributed by atoms with Crippen LogP contribution in [0.3, 0.4) is 0 Å². The lowest BCUT2D eigenvalue weighted by Gasteiger charge is -2.38. The van der Waals surface area contributed by atoms with Crippen molar-refractivity contribution in [1.29, 1.82) is 10.5 Å². The van der Waals surface area contributed by atoms with Gasteiger partial charge in [0.15, 0.2) is 0 Å². The summed E-state index contributed by atoms with van der Waals surface area (Å²) in [6, 6.07) is 3.06. The lowest BCUT2D eigenvalue weighted by Crippen LogP contribution is -2.56. The molecular weight excluding hydrogens is 372 g/mol. The number of nitrogens with one attached hydrogen (secondary N) is 3. The van der Waals surface area contributed by atoms with Gasteiger partial charge in [0.05, 0.1) is 24.6 Å². The number of hydrogen-bond acceptors (Lipinski definition) is 6. The second kappa shape index (κ2) is 8.71. The number of nitroso groups, excluding NO2 is 1. The molecule has 0 aliphatic carbocycles. The van der Waals surface area contributed by atoms with E-state index in [2.05, 4.69) is 28.1 Å². The molecule has 0 saturated carbocycles. The fourth-order valence-corrected chi connectivity index (χ4v) is 4.86. The number of fused-ring (bicyclic) bond motifs is 1. The number of carbonyl (C=O) groups is 2. The Balaban J connectivity index is 1.63. The number of carbonyl (C=O) groups excluding carboxylic acids is 2. The van der Waals surface area contributed by atoms with Crippen molar-refractivity contribution in [1.82, 2.24) is 16.0 Å². The van der Waals surface area contributed by atoms with Gasteiger partial charge in [0.1, 0.15) is 12.0 Å². The fraction of sp³-hybridized carbons (Fsp3) is 0.700. The summed E-state index contributed by atoms with van der Waals surface area (Å²) in [5.41, 5.74) is 0.347. The summed E-state index contributed by atoms with van der Waals surface area (Å²) in [6.45, 7) is 4.50. The first-order chi connectivity index (χ1) is 13.8. The number of rotatable bonds is 4. The average Bonchev–Trinajstić information content (AvgIpc) is 2.67. The molecule has 0 aromatic rings. The van der Waals surface area contributed by atoms with Crippen molar-refractivity contribution in [2.75, 3.05) is 13.1 Å². The quantitative estimate of drug-likeness (QED) is 0.575. The molecule has 9 heteroatoms. The van der Waals surface area contributed by atoms with Crippen molar-refractivity contribution in [3.05, 3.63) is 16.6 Å². The second-order valence-corrected chi connectivity index (χ2v) is 8.36. The third-order valence-corrected chi connectivity index (χ3v) is 6.22. The summed E-state index contributed by atoms with van der Waals surface area (Å²) in [7, 11) is 0. The highest BCUT2D eigenvalue weighted by Crippen LogP contribution is 2.27. The van der Waals surface area contributed by atoms with E-state index in [9.17, 15) is 19.8 Å². The molecule has 29 heavy (non-hydrogen) atoms. The highest BCUT2D eigenvalue weighted by molar-refractivity contribution is 5.99. The van der Waals surface area contributed by atoms with Gasteiger partial charge in [0.25, 0.3) is 0 Å². The van der Waals surface area contributed by atoms with Crippen LogP contribution in [0.25, 0.3) is 0 Å². The molecule has 6 unspecified atom stereocenters. The lowest BCUT2D eigenvalue weighted by molar-refractivity contribution is -0.611. The van der Waals surface area contributed by atoms with Gasteiger partial charge in [-0.15, -0.1) is 0 Å². The first-order valence-corrected chi connectivity index (χ1v) is 10.1. The number of nitriles is 2. The average molecular weight is 399 g/mol. The number of piperidine rings is 2. The molecule has 2 saturated heterocycles. The van der Waals surface area contributed by atoms with E-state index in [-0.39, 0.29) is 48.6 Å². The Morgan fingerprint density at radius 1 is 1.41 bits per heavy atom. The Morgan fingerprint density at radius 2 is 2.17 bits per heavy atom. The number of amides is 2. The summed E-state index contributed by atoms with van der Waals surface area (Å²) in [5, 5.41) is 27.3. The zero-order valence-corrected chi connectivity index (χ0v) is 16.7. The standard InChI is InChI=1S/C20H26N6O3/c1-11-5-13(8-21)10-26(29)19(11)12(2)24-18(27)7-14-6-15-16(25-20(14)28)3-4-23-17(15)9-22/h6,11-13,15-17,19,23H,3-5,7,10H2,1-2H3,(H-,24,25,27,28)/p+1/t11?,12-,13?,15?,16?,17?,19?/m0/s1. The zero-order chi connectivity index (χ0) is 21.1. The van der Waals surface area contributed by atoms with Gasteiger partial charge in [-0.05, 0) is 26.3 Å². The van der Waals surface area contributed by atoms with Crippen molar-refractivity contribution < 1.29 is 14.3 Å². The topological polar surface area (TPSA) is 138 Å². The van der Waals surface area contributed by atoms with E-state index in [1.807, 2.05) is 6.92 Å². The van der Waals surface area contributed by atoms with Gasteiger partial charge in [0, 0.05) is 33.1 Å². The van der Waals surface area contributed by atoms with Gasteiger partial charge < -0.3 is 16.0 Å². The molecule has 2 amide bonds. The van der Waals surface area contributed by atoms with Crippen LogP contribution in [0.1, 0.15) is 33.1 Å². The SMILES string of the molecule is CC1CC(C#N)C[N+](=O)C1[C@H](C)NC(=O)CC1=CC2C(C#N)NCCC2NC1=O. The molecule has 3 heterocycles. The third-order valence-electron chi connectivity index (χ3n) is 6.22. The van der Waals surface area contributed by atoms with Crippen LogP contribution in [0, 0.1) is 45.3 Å². The largest absolute Gasteiger partial charge is 0.349 e. The fourth-order valence-electron chi connectivity index (χ4n) is 4.86. The predicted octanol–water partition coefficient (Wildman–Crippen LogP) is 0.135. The first kappa shape index (κ1) is 20.9.